The molecule has 0 radical (unpaired) electrons. The van der Waals surface area contributed by atoms with E-state index in [-0.39, 0.29) is 18.3 Å². The Morgan fingerprint density at radius 2 is 2.14 bits per heavy atom. The van der Waals surface area contributed by atoms with Gasteiger partial charge in [0.05, 0.1) is 4.47 Å². The van der Waals surface area contributed by atoms with Gasteiger partial charge in [-0.3, -0.25) is 4.79 Å². The number of benzene rings is 2. The summed E-state index contributed by atoms with van der Waals surface area (Å²) in [4.78, 5) is 11.8. The zero-order valence-electron chi connectivity index (χ0n) is 11.3. The second kappa shape index (κ2) is 6.58. The molecule has 3 N–H and O–H groups in total. The fourth-order valence-corrected chi connectivity index (χ4v) is 2.06. The van der Waals surface area contributed by atoms with Gasteiger partial charge in [0, 0.05) is 17.4 Å². The lowest BCUT2D eigenvalue weighted by molar-refractivity contribution is -0.118. The molecule has 0 aromatic heterocycles. The van der Waals surface area contributed by atoms with Gasteiger partial charge in [0.25, 0.3) is 5.91 Å². The van der Waals surface area contributed by atoms with Gasteiger partial charge in [0.15, 0.2) is 6.61 Å². The molecule has 0 heterocycles. The maximum atomic E-state index is 13.3. The number of nitrogens with two attached hydrogens (primary N) is 1. The molecule has 0 saturated carbocycles. The molecule has 0 atom stereocenters. The van der Waals surface area contributed by atoms with E-state index >= 15 is 0 Å². The first-order chi connectivity index (χ1) is 9.95. The summed E-state index contributed by atoms with van der Waals surface area (Å²) >= 11 is 3.08. The van der Waals surface area contributed by atoms with Gasteiger partial charge in [0.1, 0.15) is 11.6 Å². The number of halogens is 2. The minimum atomic E-state index is -0.374. The summed E-state index contributed by atoms with van der Waals surface area (Å²) in [6, 6.07) is 9.67. The number of anilines is 2. The number of rotatable bonds is 4. The molecule has 0 fully saturated rings. The van der Waals surface area contributed by atoms with Crippen LogP contribution in [0.2, 0.25) is 0 Å². The van der Waals surface area contributed by atoms with E-state index in [9.17, 15) is 9.18 Å². The van der Waals surface area contributed by atoms with Gasteiger partial charge in [-0.2, -0.15) is 0 Å². The number of amides is 1. The van der Waals surface area contributed by atoms with E-state index in [1.807, 2.05) is 0 Å². The molecule has 1 amide bonds. The molecule has 6 heteroatoms. The molecule has 2 rings (SSSR count). The van der Waals surface area contributed by atoms with Crippen molar-refractivity contribution in [2.75, 3.05) is 17.7 Å². The van der Waals surface area contributed by atoms with Crippen LogP contribution in [0.3, 0.4) is 0 Å². The zero-order chi connectivity index (χ0) is 15.4. The first-order valence-electron chi connectivity index (χ1n) is 6.19. The summed E-state index contributed by atoms with van der Waals surface area (Å²) in [5.74, 6) is -0.192. The maximum Gasteiger partial charge on any atom is 0.262 e. The van der Waals surface area contributed by atoms with E-state index in [1.54, 1.807) is 31.2 Å². The number of aryl methyl sites for hydroxylation is 1. The Labute approximate surface area is 130 Å². The standard InChI is InChI=1S/C15H14BrFN2O2/c1-9-5-13(17)12(16)7-14(9)19-15(20)8-21-11-4-2-3-10(18)6-11/h2-7H,8,18H2,1H3,(H,19,20). The monoisotopic (exact) mass is 352 g/mol. The second-order valence-electron chi connectivity index (χ2n) is 4.49. The quantitative estimate of drug-likeness (QED) is 0.827. The van der Waals surface area contributed by atoms with Crippen LogP contribution < -0.4 is 15.8 Å². The average molecular weight is 353 g/mol. The highest BCUT2D eigenvalue weighted by Gasteiger charge is 2.09. The molecule has 0 unspecified atom stereocenters. The van der Waals surface area contributed by atoms with Crippen LogP contribution in [0.1, 0.15) is 5.56 Å². The largest absolute Gasteiger partial charge is 0.484 e. The van der Waals surface area contributed by atoms with Gasteiger partial charge in [-0.25, -0.2) is 4.39 Å². The predicted octanol–water partition coefficient (Wildman–Crippen LogP) is 3.50. The molecule has 2 aromatic carbocycles. The van der Waals surface area contributed by atoms with Gasteiger partial charge >= 0.3 is 0 Å². The fraction of sp³-hybridized carbons (Fsp3) is 0.133. The lowest BCUT2D eigenvalue weighted by Gasteiger charge is -2.10. The van der Waals surface area contributed by atoms with Gasteiger partial charge in [-0.1, -0.05) is 6.07 Å². The first-order valence-corrected chi connectivity index (χ1v) is 6.99. The molecule has 0 saturated heterocycles. The van der Waals surface area contributed by atoms with Crippen molar-refractivity contribution in [1.29, 1.82) is 0 Å². The van der Waals surface area contributed by atoms with Gasteiger partial charge in [-0.15, -0.1) is 0 Å². The minimum absolute atomic E-state index is 0.155. The van der Waals surface area contributed by atoms with Crippen molar-refractivity contribution in [1.82, 2.24) is 0 Å². The third-order valence-electron chi connectivity index (χ3n) is 2.77. The third kappa shape index (κ3) is 4.19. The normalized spacial score (nSPS) is 10.2. The summed E-state index contributed by atoms with van der Waals surface area (Å²) in [6.45, 7) is 1.56. The van der Waals surface area contributed by atoms with Crippen LogP contribution in [0.15, 0.2) is 40.9 Å². The minimum Gasteiger partial charge on any atom is -0.484 e. The number of carbonyl (C=O) groups excluding carboxylic acids is 1. The lowest BCUT2D eigenvalue weighted by Crippen LogP contribution is -2.20. The van der Waals surface area contributed by atoms with Gasteiger partial charge < -0.3 is 15.8 Å². The molecular formula is C15H14BrFN2O2. The zero-order valence-corrected chi connectivity index (χ0v) is 12.9. The molecule has 21 heavy (non-hydrogen) atoms. The number of nitrogens with one attached hydrogen (secondary N) is 1. The summed E-state index contributed by atoms with van der Waals surface area (Å²) in [5.41, 5.74) is 7.34. The fourth-order valence-electron chi connectivity index (χ4n) is 1.72. The van der Waals surface area contributed by atoms with Crippen molar-refractivity contribution in [3.05, 3.63) is 52.3 Å². The summed E-state index contributed by atoms with van der Waals surface area (Å²) in [6.07, 6.45) is 0. The van der Waals surface area contributed by atoms with Crippen LogP contribution in [0, 0.1) is 12.7 Å². The number of hydrogen-bond donors (Lipinski definition) is 2. The predicted molar refractivity (Wildman–Crippen MR) is 83.8 cm³/mol. The van der Waals surface area contributed by atoms with Gasteiger partial charge in [0.2, 0.25) is 0 Å². The van der Waals surface area contributed by atoms with Crippen LogP contribution in [0.4, 0.5) is 15.8 Å². The van der Waals surface area contributed by atoms with Crippen molar-refractivity contribution >= 4 is 33.2 Å². The molecule has 0 aliphatic carbocycles. The van der Waals surface area contributed by atoms with Crippen LogP contribution >= 0.6 is 15.9 Å². The lowest BCUT2D eigenvalue weighted by atomic mass is 10.2. The SMILES string of the molecule is Cc1cc(F)c(Br)cc1NC(=O)COc1cccc(N)c1. The molecular weight excluding hydrogens is 339 g/mol. The highest BCUT2D eigenvalue weighted by molar-refractivity contribution is 9.10. The van der Waals surface area contributed by atoms with E-state index in [0.717, 1.165) is 0 Å². The highest BCUT2D eigenvalue weighted by atomic mass is 79.9. The number of hydrogen-bond acceptors (Lipinski definition) is 3. The van der Waals surface area contributed by atoms with Gasteiger partial charge in [-0.05, 0) is 52.7 Å². The molecule has 0 spiro atoms. The molecule has 4 nitrogen and oxygen atoms in total. The Morgan fingerprint density at radius 3 is 2.86 bits per heavy atom. The van der Waals surface area contributed by atoms with Crippen LogP contribution in [0.5, 0.6) is 5.75 Å². The summed E-state index contributed by atoms with van der Waals surface area (Å²) in [5, 5.41) is 2.67. The van der Waals surface area contributed by atoms with E-state index < -0.39 is 0 Å². The molecule has 0 bridgehead atoms. The first kappa shape index (κ1) is 15.3. The summed E-state index contributed by atoms with van der Waals surface area (Å²) in [7, 11) is 0. The highest BCUT2D eigenvalue weighted by Crippen LogP contribution is 2.24. The van der Waals surface area contributed by atoms with E-state index in [2.05, 4.69) is 21.2 Å². The third-order valence-corrected chi connectivity index (χ3v) is 3.38. The molecule has 110 valence electrons. The van der Waals surface area contributed by atoms with Crippen LogP contribution in [0.25, 0.3) is 0 Å². The van der Waals surface area contributed by atoms with Crippen LogP contribution in [-0.4, -0.2) is 12.5 Å². The molecule has 0 aliphatic rings. The van der Waals surface area contributed by atoms with Crippen molar-refractivity contribution in [2.45, 2.75) is 6.92 Å². The Balaban J connectivity index is 1.97. The Hall–Kier alpha value is -2.08. The maximum absolute atomic E-state index is 13.3. The smallest absolute Gasteiger partial charge is 0.262 e. The van der Waals surface area contributed by atoms with Crippen molar-refractivity contribution < 1.29 is 13.9 Å². The van der Waals surface area contributed by atoms with E-state index in [0.29, 0.717) is 27.2 Å². The Kier molecular flexibility index (Phi) is 4.80. The molecule has 0 aliphatic heterocycles. The van der Waals surface area contributed by atoms with E-state index in [1.165, 1.54) is 12.1 Å². The number of ether oxygens (including phenoxy) is 1. The molecule has 2 aromatic rings. The van der Waals surface area contributed by atoms with E-state index in [4.69, 9.17) is 10.5 Å². The Bertz CT molecular complexity index is 677. The summed E-state index contributed by atoms with van der Waals surface area (Å²) < 4.78 is 18.9. The van der Waals surface area contributed by atoms with Crippen molar-refractivity contribution in [2.24, 2.45) is 0 Å². The van der Waals surface area contributed by atoms with Crippen molar-refractivity contribution in [3.8, 4) is 5.75 Å². The second-order valence-corrected chi connectivity index (χ2v) is 5.34. The number of carbonyl (C=O) groups is 1. The topological polar surface area (TPSA) is 64.3 Å². The average Bonchev–Trinajstić information content (AvgIpc) is 2.43. The van der Waals surface area contributed by atoms with Crippen LogP contribution in [-0.2, 0) is 4.79 Å². The Morgan fingerprint density at radius 1 is 1.38 bits per heavy atom. The van der Waals surface area contributed by atoms with Crippen molar-refractivity contribution in [3.63, 3.8) is 0 Å². The number of nitrogen functional groups attached to an aromatic ring is 1.